The lowest BCUT2D eigenvalue weighted by molar-refractivity contribution is -0.965. The monoisotopic (exact) mass is 496 g/mol. The van der Waals surface area contributed by atoms with Gasteiger partial charge in [-0.05, 0) is 23.2 Å². The van der Waals surface area contributed by atoms with E-state index in [4.69, 9.17) is 15.0 Å². The number of fused-ring (bicyclic) bond motifs is 3. The highest BCUT2D eigenvalue weighted by Gasteiger charge is 2.58. The van der Waals surface area contributed by atoms with Crippen molar-refractivity contribution in [3.63, 3.8) is 0 Å². The zero-order valence-electron chi connectivity index (χ0n) is 18.6. The van der Waals surface area contributed by atoms with Gasteiger partial charge in [0.25, 0.3) is 5.91 Å². The molecule has 3 unspecified atom stereocenters. The molecule has 0 spiro atoms. The molecule has 11 heteroatoms. The van der Waals surface area contributed by atoms with Crippen LogP contribution in [0.3, 0.4) is 0 Å². The standard InChI is InChI=1S/C23H27F2N3O5S/c24-22(25)6-1-15(11-22)23(31,16-5-10-34-13-16)21(30)33-18-12-28(7-2-14(18)3-8-28)19(20(26)29)17-4-9-32-27-17/h4-5,9-10,13-15,18-19,31H,1-3,6-8,11-12H2,(H-,26,29)/p+1/t14?,15?,18-,19?,23?,28?/m0/s1. The summed E-state index contributed by atoms with van der Waals surface area (Å²) in [5.41, 5.74) is 4.34. The van der Waals surface area contributed by atoms with Crippen molar-refractivity contribution in [2.45, 2.75) is 55.8 Å². The number of aromatic nitrogens is 1. The van der Waals surface area contributed by atoms with E-state index < -0.39 is 47.9 Å². The van der Waals surface area contributed by atoms with Crippen molar-refractivity contribution in [2.24, 2.45) is 17.6 Å². The maximum Gasteiger partial charge on any atom is 0.343 e. The Morgan fingerprint density at radius 3 is 2.65 bits per heavy atom. The fourth-order valence-corrected chi connectivity index (χ4v) is 6.96. The Balaban J connectivity index is 1.41. The summed E-state index contributed by atoms with van der Waals surface area (Å²) in [4.78, 5) is 26.0. The van der Waals surface area contributed by atoms with Gasteiger partial charge in [-0.1, -0.05) is 5.16 Å². The van der Waals surface area contributed by atoms with E-state index in [0.717, 1.165) is 0 Å². The topological polar surface area (TPSA) is 116 Å². The van der Waals surface area contributed by atoms with Gasteiger partial charge in [-0.15, -0.1) is 0 Å². The summed E-state index contributed by atoms with van der Waals surface area (Å²) in [6.45, 7) is 1.67. The highest BCUT2D eigenvalue weighted by atomic mass is 32.1. The average Bonchev–Trinajstić information content (AvgIpc) is 3.56. The number of carbonyl (C=O) groups is 2. The number of quaternary nitrogens is 1. The van der Waals surface area contributed by atoms with Crippen molar-refractivity contribution in [3.05, 3.63) is 40.4 Å². The number of esters is 1. The highest BCUT2D eigenvalue weighted by molar-refractivity contribution is 7.08. The van der Waals surface area contributed by atoms with Gasteiger partial charge in [0.1, 0.15) is 12.8 Å². The second-order valence-electron chi connectivity index (χ2n) is 9.93. The van der Waals surface area contributed by atoms with Gasteiger partial charge in [-0.25, -0.2) is 13.6 Å². The molecule has 6 rings (SSSR count). The van der Waals surface area contributed by atoms with Crippen LogP contribution < -0.4 is 5.73 Å². The molecule has 1 amide bonds. The lowest BCUT2D eigenvalue weighted by Gasteiger charge is -2.54. The molecule has 4 fully saturated rings. The smallest absolute Gasteiger partial charge is 0.343 e. The van der Waals surface area contributed by atoms with Crippen LogP contribution in [0.4, 0.5) is 8.78 Å². The van der Waals surface area contributed by atoms with Crippen LogP contribution in [0.25, 0.3) is 0 Å². The van der Waals surface area contributed by atoms with E-state index in [0.29, 0.717) is 38.2 Å². The first-order chi connectivity index (χ1) is 16.1. The highest BCUT2D eigenvalue weighted by Crippen LogP contribution is 2.49. The number of carbonyl (C=O) groups excluding carboxylic acids is 2. The molecule has 1 saturated carbocycles. The van der Waals surface area contributed by atoms with Gasteiger partial charge in [-0.3, -0.25) is 4.79 Å². The number of hydrogen-bond acceptors (Lipinski definition) is 7. The minimum absolute atomic E-state index is 0.0262. The van der Waals surface area contributed by atoms with E-state index in [2.05, 4.69) is 5.16 Å². The van der Waals surface area contributed by atoms with Crippen molar-refractivity contribution in [3.8, 4) is 0 Å². The number of halogens is 2. The summed E-state index contributed by atoms with van der Waals surface area (Å²) < 4.78 is 39.2. The number of nitrogens with two attached hydrogens (primary N) is 1. The van der Waals surface area contributed by atoms with Crippen molar-refractivity contribution >= 4 is 23.2 Å². The first-order valence-electron chi connectivity index (χ1n) is 11.5. The van der Waals surface area contributed by atoms with Crippen LogP contribution in [0.2, 0.25) is 0 Å². The van der Waals surface area contributed by atoms with Gasteiger partial charge in [-0.2, -0.15) is 11.3 Å². The fraction of sp³-hybridized carbons (Fsp3) is 0.609. The quantitative estimate of drug-likeness (QED) is 0.450. The maximum absolute atomic E-state index is 14.0. The minimum atomic E-state index is -2.92. The van der Waals surface area contributed by atoms with Gasteiger partial charge in [0.2, 0.25) is 12.0 Å². The minimum Gasteiger partial charge on any atom is -0.454 e. The molecule has 1 aliphatic carbocycles. The summed E-state index contributed by atoms with van der Waals surface area (Å²) in [6, 6.07) is 2.45. The molecule has 0 aromatic carbocycles. The van der Waals surface area contributed by atoms with Gasteiger partial charge < -0.3 is 24.6 Å². The molecule has 2 bridgehead atoms. The molecule has 3 N–H and O–H groups in total. The van der Waals surface area contributed by atoms with Gasteiger partial charge in [0.05, 0.1) is 13.1 Å². The average molecular weight is 497 g/mol. The number of alkyl halides is 2. The second kappa shape index (κ2) is 8.39. The molecule has 184 valence electrons. The van der Waals surface area contributed by atoms with Crippen LogP contribution in [-0.2, 0) is 19.9 Å². The van der Waals surface area contributed by atoms with Crippen molar-refractivity contribution in [1.82, 2.24) is 5.16 Å². The van der Waals surface area contributed by atoms with Crippen LogP contribution in [0.5, 0.6) is 0 Å². The number of primary amides is 1. The Hall–Kier alpha value is -2.37. The summed E-state index contributed by atoms with van der Waals surface area (Å²) >= 11 is 1.28. The zero-order valence-corrected chi connectivity index (χ0v) is 19.4. The fourth-order valence-electron chi connectivity index (χ4n) is 6.26. The van der Waals surface area contributed by atoms with E-state index in [1.165, 1.54) is 17.6 Å². The molecule has 4 aliphatic rings. The van der Waals surface area contributed by atoms with Gasteiger partial charge >= 0.3 is 5.97 Å². The number of ether oxygens (including phenoxy) is 1. The number of aliphatic hydroxyl groups is 1. The van der Waals surface area contributed by atoms with E-state index in [-0.39, 0.29) is 28.8 Å². The van der Waals surface area contributed by atoms with E-state index in [1.807, 2.05) is 0 Å². The Morgan fingerprint density at radius 1 is 1.32 bits per heavy atom. The van der Waals surface area contributed by atoms with Crippen LogP contribution >= 0.6 is 11.3 Å². The van der Waals surface area contributed by atoms with Crippen LogP contribution in [-0.4, -0.2) is 58.3 Å². The molecule has 0 radical (unpaired) electrons. The normalized spacial score (nSPS) is 32.7. The Labute approximate surface area is 199 Å². The molecule has 3 aliphatic heterocycles. The van der Waals surface area contributed by atoms with E-state index in [1.54, 1.807) is 22.9 Å². The zero-order chi connectivity index (χ0) is 24.1. The SMILES string of the molecule is NC(=O)C(c1ccon1)[N+]12CCC(CC1)[C@@H](OC(=O)C(O)(c1ccsc1)C1CCC(F)(F)C1)C2. The predicted molar refractivity (Wildman–Crippen MR) is 116 cm³/mol. The number of thiophene rings is 1. The number of hydrogen-bond donors (Lipinski definition) is 2. The first kappa shape index (κ1) is 23.4. The third-order valence-electron chi connectivity index (χ3n) is 8.04. The molecule has 5 heterocycles. The van der Waals surface area contributed by atoms with E-state index in [9.17, 15) is 23.5 Å². The van der Waals surface area contributed by atoms with Crippen LogP contribution in [0, 0.1) is 11.8 Å². The number of nitrogens with zero attached hydrogens (tertiary/aromatic N) is 2. The molecular formula is C23H28F2N3O5S+. The lowest BCUT2D eigenvalue weighted by atomic mass is 9.79. The third-order valence-corrected chi connectivity index (χ3v) is 8.72. The number of piperidine rings is 3. The van der Waals surface area contributed by atoms with E-state index >= 15 is 0 Å². The van der Waals surface area contributed by atoms with Gasteiger partial charge in [0, 0.05) is 49.1 Å². The largest absolute Gasteiger partial charge is 0.454 e. The summed E-state index contributed by atoms with van der Waals surface area (Å²) in [7, 11) is 0. The first-order valence-corrected chi connectivity index (χ1v) is 12.5. The molecular weight excluding hydrogens is 468 g/mol. The summed E-state index contributed by atoms with van der Waals surface area (Å²) in [5, 5.41) is 18.8. The Kier molecular flexibility index (Phi) is 5.77. The lowest BCUT2D eigenvalue weighted by Crippen LogP contribution is -2.67. The van der Waals surface area contributed by atoms with Gasteiger partial charge in [0.15, 0.2) is 17.4 Å². The Bertz CT molecular complexity index is 1040. The second-order valence-corrected chi connectivity index (χ2v) is 10.7. The molecule has 8 nitrogen and oxygen atoms in total. The van der Waals surface area contributed by atoms with Crippen molar-refractivity contribution in [2.75, 3.05) is 19.6 Å². The number of rotatable bonds is 7. The van der Waals surface area contributed by atoms with Crippen molar-refractivity contribution in [1.29, 1.82) is 0 Å². The Morgan fingerprint density at radius 2 is 2.09 bits per heavy atom. The summed E-state index contributed by atoms with van der Waals surface area (Å²) in [5.74, 6) is -5.25. The molecule has 4 atom stereocenters. The predicted octanol–water partition coefficient (Wildman–Crippen LogP) is 2.74. The molecule has 3 saturated heterocycles. The molecule has 2 aromatic rings. The maximum atomic E-state index is 14.0. The molecule has 2 aromatic heterocycles. The summed E-state index contributed by atoms with van der Waals surface area (Å²) in [6.07, 6.45) is 1.31. The third kappa shape index (κ3) is 3.83. The molecule has 34 heavy (non-hydrogen) atoms. The van der Waals surface area contributed by atoms with Crippen LogP contribution in [0.1, 0.15) is 49.4 Å². The van der Waals surface area contributed by atoms with Crippen LogP contribution in [0.15, 0.2) is 33.7 Å². The van der Waals surface area contributed by atoms with Crippen molar-refractivity contribution < 1.29 is 37.2 Å². The number of amides is 1.